The Kier molecular flexibility index (Phi) is 6.52. The largest absolute Gasteiger partial charge is 0.0877 e. The summed E-state index contributed by atoms with van der Waals surface area (Å²) in [5, 5.41) is 0. The molecule has 0 heteroatoms. The van der Waals surface area contributed by atoms with Gasteiger partial charge in [0.1, 0.15) is 0 Å². The van der Waals surface area contributed by atoms with Crippen LogP contribution in [0.4, 0.5) is 0 Å². The maximum Gasteiger partial charge on any atom is 0.00673 e. The van der Waals surface area contributed by atoms with Crippen molar-refractivity contribution in [3.63, 3.8) is 0 Å². The van der Waals surface area contributed by atoms with Gasteiger partial charge < -0.3 is 0 Å². The van der Waals surface area contributed by atoms with E-state index in [1.54, 1.807) is 5.92 Å². The third-order valence-corrected chi connectivity index (χ3v) is 4.99. The Morgan fingerprint density at radius 2 is 1.75 bits per heavy atom. The average Bonchev–Trinajstić information content (AvgIpc) is 2.40. The number of hydrogen-bond donors (Lipinski definition) is 0. The second-order valence-electron chi connectivity index (χ2n) is 6.57. The van der Waals surface area contributed by atoms with E-state index in [9.17, 15) is 0 Å². The van der Waals surface area contributed by atoms with Gasteiger partial charge in [-0.25, -0.2) is 0 Å². The zero-order chi connectivity index (χ0) is 15.2. The molecule has 1 fully saturated rings. The van der Waals surface area contributed by atoms with E-state index in [0.29, 0.717) is 5.41 Å². The number of rotatable bonds is 4. The fourth-order valence-corrected chi connectivity index (χ4v) is 3.04. The molecule has 0 spiro atoms. The molecule has 0 aromatic carbocycles. The summed E-state index contributed by atoms with van der Waals surface area (Å²) in [6.45, 7) is 13.8. The van der Waals surface area contributed by atoms with E-state index in [0.717, 1.165) is 5.92 Å². The molecule has 0 heterocycles. The minimum Gasteiger partial charge on any atom is -0.0877 e. The summed E-state index contributed by atoms with van der Waals surface area (Å²) in [5.41, 5.74) is 3.24. The molecular weight excluding hydrogens is 240 g/mol. The molecule has 0 aromatic rings. The highest BCUT2D eigenvalue weighted by atomic mass is 14.4. The topological polar surface area (TPSA) is 0 Å². The summed E-state index contributed by atoms with van der Waals surface area (Å²) >= 11 is 0. The molecule has 1 aliphatic rings. The van der Waals surface area contributed by atoms with Crippen LogP contribution >= 0.6 is 0 Å². The van der Waals surface area contributed by atoms with Crippen molar-refractivity contribution in [3.05, 3.63) is 53.5 Å². The number of hydrogen-bond acceptors (Lipinski definition) is 0. The molecule has 0 aliphatic heterocycles. The molecule has 1 saturated carbocycles. The van der Waals surface area contributed by atoms with Crippen LogP contribution in [-0.4, -0.2) is 0 Å². The predicted octanol–water partition coefficient (Wildman–Crippen LogP) is 6.43. The van der Waals surface area contributed by atoms with Crippen LogP contribution < -0.4 is 0 Å². The van der Waals surface area contributed by atoms with Crippen molar-refractivity contribution in [1.82, 2.24) is 0 Å². The fourth-order valence-electron chi connectivity index (χ4n) is 3.04. The second kappa shape index (κ2) is 7.67. The second-order valence-corrected chi connectivity index (χ2v) is 6.57. The van der Waals surface area contributed by atoms with Crippen LogP contribution in [0, 0.1) is 17.3 Å². The van der Waals surface area contributed by atoms with Crippen molar-refractivity contribution in [2.75, 3.05) is 0 Å². The van der Waals surface area contributed by atoms with Crippen molar-refractivity contribution in [1.29, 1.82) is 0 Å². The van der Waals surface area contributed by atoms with Gasteiger partial charge in [0.25, 0.3) is 0 Å². The molecule has 111 valence electrons. The lowest BCUT2D eigenvalue weighted by Crippen LogP contribution is -2.34. The first-order valence-corrected chi connectivity index (χ1v) is 7.91. The summed E-state index contributed by atoms with van der Waals surface area (Å²) in [5.74, 6) is 2.45. The van der Waals surface area contributed by atoms with Gasteiger partial charge in [-0.2, -0.15) is 0 Å². The Bertz CT molecular complexity index is 415. The summed E-state index contributed by atoms with van der Waals surface area (Å²) in [6.07, 6.45) is 16.6. The molecule has 1 unspecified atom stereocenters. The Morgan fingerprint density at radius 3 is 2.40 bits per heavy atom. The first kappa shape index (κ1) is 17.0. The minimum absolute atomic E-state index is 0.345. The lowest BCUT2D eigenvalue weighted by Gasteiger charge is -2.44. The van der Waals surface area contributed by atoms with Gasteiger partial charge in [0.15, 0.2) is 0 Å². The summed E-state index contributed by atoms with van der Waals surface area (Å²) in [4.78, 5) is 0. The van der Waals surface area contributed by atoms with Crippen molar-refractivity contribution in [2.45, 2.75) is 60.8 Å². The van der Waals surface area contributed by atoms with Crippen LogP contribution in [0.2, 0.25) is 0 Å². The van der Waals surface area contributed by atoms with Gasteiger partial charge in [0.2, 0.25) is 0 Å². The summed E-state index contributed by atoms with van der Waals surface area (Å²) in [6, 6.07) is 0. The summed E-state index contributed by atoms with van der Waals surface area (Å²) < 4.78 is 0. The Labute approximate surface area is 126 Å². The Morgan fingerprint density at radius 1 is 1.10 bits per heavy atom. The Hall–Kier alpha value is -1.04. The standard InChI is InChI=1S/C20H31/c1-7-8-9-10-11-13-16(2)18(4)19-15-12-14-17(3)20(19,5)6/h7-11,13,17H,12,14-15H2,1-6H3/b8-7+,10-9+,13-11+,18-16+. The van der Waals surface area contributed by atoms with E-state index >= 15 is 0 Å². The third kappa shape index (κ3) is 4.23. The first-order valence-electron chi connectivity index (χ1n) is 7.91. The zero-order valence-corrected chi connectivity index (χ0v) is 14.2. The van der Waals surface area contributed by atoms with Gasteiger partial charge in [-0.1, -0.05) is 81.2 Å². The van der Waals surface area contributed by atoms with Crippen LogP contribution in [0.25, 0.3) is 0 Å². The van der Waals surface area contributed by atoms with Gasteiger partial charge in [-0.3, -0.25) is 0 Å². The molecular formula is C20H31. The average molecular weight is 271 g/mol. The molecule has 20 heavy (non-hydrogen) atoms. The molecule has 0 bridgehead atoms. The van der Waals surface area contributed by atoms with Gasteiger partial charge in [-0.05, 0) is 38.5 Å². The lowest BCUT2D eigenvalue weighted by atomic mass is 9.60. The van der Waals surface area contributed by atoms with Crippen LogP contribution in [0.5, 0.6) is 0 Å². The van der Waals surface area contributed by atoms with Gasteiger partial charge in [0, 0.05) is 5.92 Å². The monoisotopic (exact) mass is 271 g/mol. The normalized spacial score (nSPS) is 25.8. The van der Waals surface area contributed by atoms with Gasteiger partial charge >= 0.3 is 0 Å². The molecule has 0 aromatic heterocycles. The van der Waals surface area contributed by atoms with Crippen LogP contribution in [0.1, 0.15) is 60.8 Å². The van der Waals surface area contributed by atoms with Gasteiger partial charge in [-0.15, -0.1) is 0 Å². The molecule has 1 radical (unpaired) electrons. The van der Waals surface area contributed by atoms with E-state index in [4.69, 9.17) is 0 Å². The molecule has 1 rings (SSSR count). The van der Waals surface area contributed by atoms with Crippen molar-refractivity contribution in [3.8, 4) is 0 Å². The van der Waals surface area contributed by atoms with Crippen molar-refractivity contribution >= 4 is 0 Å². The molecule has 1 aliphatic carbocycles. The van der Waals surface area contributed by atoms with Crippen LogP contribution in [0.15, 0.2) is 47.6 Å². The molecule has 1 atom stereocenters. The zero-order valence-electron chi connectivity index (χ0n) is 14.2. The van der Waals surface area contributed by atoms with Crippen LogP contribution in [-0.2, 0) is 0 Å². The van der Waals surface area contributed by atoms with E-state index in [-0.39, 0.29) is 0 Å². The Balaban J connectivity index is 2.85. The quantitative estimate of drug-likeness (QED) is 0.517. The first-order chi connectivity index (χ1) is 9.41. The van der Waals surface area contributed by atoms with Crippen molar-refractivity contribution < 1.29 is 0 Å². The minimum atomic E-state index is 0.345. The molecule has 0 nitrogen and oxygen atoms in total. The lowest BCUT2D eigenvalue weighted by molar-refractivity contribution is 0.191. The highest BCUT2D eigenvalue weighted by Crippen LogP contribution is 2.49. The van der Waals surface area contributed by atoms with Crippen LogP contribution in [0.3, 0.4) is 0 Å². The van der Waals surface area contributed by atoms with E-state index in [2.05, 4.69) is 65.0 Å². The van der Waals surface area contributed by atoms with E-state index in [1.165, 1.54) is 30.4 Å². The highest BCUT2D eigenvalue weighted by Gasteiger charge is 2.39. The summed E-state index contributed by atoms with van der Waals surface area (Å²) in [7, 11) is 0. The third-order valence-electron chi connectivity index (χ3n) is 4.99. The maximum absolute atomic E-state index is 2.42. The SMILES string of the molecule is C/C=C/C=C/C=C/C(C)=C(\C)[C]1CCCC(C)C1(C)C. The maximum atomic E-state index is 2.42. The van der Waals surface area contributed by atoms with E-state index < -0.39 is 0 Å². The van der Waals surface area contributed by atoms with Crippen molar-refractivity contribution in [2.24, 2.45) is 11.3 Å². The predicted molar refractivity (Wildman–Crippen MR) is 91.5 cm³/mol. The highest BCUT2D eigenvalue weighted by molar-refractivity contribution is 5.38. The number of allylic oxidation sites excluding steroid dienone is 8. The van der Waals surface area contributed by atoms with Gasteiger partial charge in [0.05, 0.1) is 0 Å². The molecule has 0 amide bonds. The molecule has 0 N–H and O–H groups in total. The van der Waals surface area contributed by atoms with E-state index in [1.807, 2.05) is 13.0 Å². The fraction of sp³-hybridized carbons (Fsp3) is 0.550. The molecule has 0 saturated heterocycles. The smallest absolute Gasteiger partial charge is 0.00673 e.